The first-order valence-corrected chi connectivity index (χ1v) is 13.8. The van der Waals surface area contributed by atoms with E-state index in [0.717, 1.165) is 42.7 Å². The molecule has 1 amide bonds. The van der Waals surface area contributed by atoms with Gasteiger partial charge in [-0.15, -0.1) is 11.8 Å². The second kappa shape index (κ2) is 10.5. The van der Waals surface area contributed by atoms with Crippen molar-refractivity contribution in [3.63, 3.8) is 0 Å². The van der Waals surface area contributed by atoms with Crippen LogP contribution in [0.4, 0.5) is 0 Å². The van der Waals surface area contributed by atoms with E-state index in [-0.39, 0.29) is 24.1 Å². The third kappa shape index (κ3) is 5.43. The van der Waals surface area contributed by atoms with Crippen molar-refractivity contribution >= 4 is 17.7 Å². The van der Waals surface area contributed by atoms with Gasteiger partial charge in [0, 0.05) is 41.1 Å². The normalized spacial score (nSPS) is 21.4. The minimum atomic E-state index is 0.177. The molecule has 2 bridgehead atoms. The fourth-order valence-electron chi connectivity index (χ4n) is 5.49. The van der Waals surface area contributed by atoms with Crippen LogP contribution in [0, 0.1) is 6.92 Å². The highest BCUT2D eigenvalue weighted by Crippen LogP contribution is 2.39. The fraction of sp³-hybridized carbons (Fsp3) is 0.387. The van der Waals surface area contributed by atoms with Gasteiger partial charge < -0.3 is 9.64 Å². The molecule has 4 heteroatoms. The van der Waals surface area contributed by atoms with Crippen molar-refractivity contribution in [3.05, 3.63) is 95.1 Å². The van der Waals surface area contributed by atoms with E-state index >= 15 is 0 Å². The molecular formula is C31H35NO2S. The number of nitrogens with zero attached hydrogens (tertiary/aromatic N) is 1. The molecular weight excluding hydrogens is 450 g/mol. The summed E-state index contributed by atoms with van der Waals surface area (Å²) in [5.74, 6) is 2.52. The van der Waals surface area contributed by atoms with Crippen LogP contribution in [0.1, 0.15) is 72.5 Å². The number of thioether (sulfide) groups is 1. The monoisotopic (exact) mass is 485 g/mol. The SMILES string of the molecule is Cc1ccc(SCc2ccc(C(=O)N3[C@H]4CC[C@H]3CC(Oc3ccccc3C(C)C)C4)cc2)cc1. The maximum Gasteiger partial charge on any atom is 0.254 e. The van der Waals surface area contributed by atoms with Crippen molar-refractivity contribution < 1.29 is 9.53 Å². The molecule has 0 N–H and O–H groups in total. The molecule has 35 heavy (non-hydrogen) atoms. The third-order valence-electron chi connectivity index (χ3n) is 7.39. The topological polar surface area (TPSA) is 29.5 Å². The Morgan fingerprint density at radius 1 is 0.943 bits per heavy atom. The van der Waals surface area contributed by atoms with Crippen molar-refractivity contribution in [2.75, 3.05) is 0 Å². The van der Waals surface area contributed by atoms with E-state index in [1.807, 2.05) is 23.9 Å². The molecule has 0 radical (unpaired) electrons. The number of benzene rings is 3. The minimum Gasteiger partial charge on any atom is -0.490 e. The van der Waals surface area contributed by atoms with Gasteiger partial charge in [-0.05, 0) is 67.1 Å². The van der Waals surface area contributed by atoms with E-state index in [2.05, 4.69) is 86.3 Å². The third-order valence-corrected chi connectivity index (χ3v) is 8.47. The average Bonchev–Trinajstić information content (AvgIpc) is 3.13. The lowest BCUT2D eigenvalue weighted by molar-refractivity contribution is 0.0356. The maximum atomic E-state index is 13.5. The molecule has 182 valence electrons. The van der Waals surface area contributed by atoms with Gasteiger partial charge in [-0.25, -0.2) is 0 Å². The smallest absolute Gasteiger partial charge is 0.254 e. The molecule has 2 aliphatic rings. The predicted octanol–water partition coefficient (Wildman–Crippen LogP) is 7.63. The Kier molecular flexibility index (Phi) is 7.19. The Bertz CT molecular complexity index is 1140. The van der Waals surface area contributed by atoms with Crippen molar-refractivity contribution in [1.29, 1.82) is 0 Å². The van der Waals surface area contributed by atoms with Crippen LogP contribution in [-0.4, -0.2) is 29.0 Å². The van der Waals surface area contributed by atoms with Crippen molar-refractivity contribution in [2.45, 2.75) is 81.2 Å². The van der Waals surface area contributed by atoms with Crippen LogP contribution in [0.15, 0.2) is 77.7 Å². The molecule has 0 aliphatic carbocycles. The second-order valence-electron chi connectivity index (χ2n) is 10.3. The van der Waals surface area contributed by atoms with E-state index in [0.29, 0.717) is 5.92 Å². The summed E-state index contributed by atoms with van der Waals surface area (Å²) in [6.45, 7) is 6.52. The van der Waals surface area contributed by atoms with Gasteiger partial charge in [-0.3, -0.25) is 4.79 Å². The summed E-state index contributed by atoms with van der Waals surface area (Å²) in [5, 5.41) is 0. The van der Waals surface area contributed by atoms with E-state index < -0.39 is 0 Å². The molecule has 0 aromatic heterocycles. The number of rotatable bonds is 7. The van der Waals surface area contributed by atoms with E-state index in [1.54, 1.807) is 0 Å². The maximum absolute atomic E-state index is 13.5. The van der Waals surface area contributed by atoms with Crippen molar-refractivity contribution in [2.24, 2.45) is 0 Å². The Morgan fingerprint density at radius 3 is 2.26 bits per heavy atom. The first-order chi connectivity index (χ1) is 17.0. The summed E-state index contributed by atoms with van der Waals surface area (Å²) in [5.41, 5.74) is 4.59. The first-order valence-electron chi connectivity index (χ1n) is 12.8. The summed E-state index contributed by atoms with van der Waals surface area (Å²) in [4.78, 5) is 16.9. The van der Waals surface area contributed by atoms with Crippen LogP contribution in [0.5, 0.6) is 5.75 Å². The molecule has 5 rings (SSSR count). The van der Waals surface area contributed by atoms with E-state index in [9.17, 15) is 4.79 Å². The zero-order chi connectivity index (χ0) is 24.4. The summed E-state index contributed by atoms with van der Waals surface area (Å²) in [6.07, 6.45) is 4.17. The molecule has 0 spiro atoms. The molecule has 0 saturated carbocycles. The molecule has 2 fully saturated rings. The number of carbonyl (C=O) groups excluding carboxylic acids is 1. The highest BCUT2D eigenvalue weighted by atomic mass is 32.2. The zero-order valence-electron chi connectivity index (χ0n) is 20.9. The Hall–Kier alpha value is -2.72. The number of amides is 1. The van der Waals surface area contributed by atoms with Gasteiger partial charge in [0.15, 0.2) is 0 Å². The average molecular weight is 486 g/mol. The Labute approximate surface area is 213 Å². The second-order valence-corrected chi connectivity index (χ2v) is 11.3. The largest absolute Gasteiger partial charge is 0.490 e. The van der Waals surface area contributed by atoms with Gasteiger partial charge >= 0.3 is 0 Å². The quantitative estimate of drug-likeness (QED) is 0.322. The lowest BCUT2D eigenvalue weighted by Crippen LogP contribution is -2.49. The van der Waals surface area contributed by atoms with Crippen LogP contribution >= 0.6 is 11.8 Å². The van der Waals surface area contributed by atoms with Crippen LogP contribution in [-0.2, 0) is 5.75 Å². The molecule has 3 nitrogen and oxygen atoms in total. The Balaban J connectivity index is 1.20. The number of hydrogen-bond donors (Lipinski definition) is 0. The van der Waals surface area contributed by atoms with Gasteiger partial charge in [0.25, 0.3) is 5.91 Å². The molecule has 2 aliphatic heterocycles. The number of piperidine rings is 1. The molecule has 3 aromatic rings. The summed E-state index contributed by atoms with van der Waals surface area (Å²) in [6, 6.07) is 25.8. The van der Waals surface area contributed by atoms with Crippen LogP contribution in [0.25, 0.3) is 0 Å². The van der Waals surface area contributed by atoms with Gasteiger partial charge in [0.05, 0.1) is 0 Å². The summed E-state index contributed by atoms with van der Waals surface area (Å²) in [7, 11) is 0. The molecule has 2 heterocycles. The first kappa shape index (κ1) is 24.0. The predicted molar refractivity (Wildman–Crippen MR) is 144 cm³/mol. The van der Waals surface area contributed by atoms with Crippen LogP contribution < -0.4 is 4.74 Å². The number of carbonyl (C=O) groups is 1. The lowest BCUT2D eigenvalue weighted by Gasteiger charge is -2.39. The number of fused-ring (bicyclic) bond motifs is 2. The van der Waals surface area contributed by atoms with Gasteiger partial charge in [0.2, 0.25) is 0 Å². The number of hydrogen-bond acceptors (Lipinski definition) is 3. The highest BCUT2D eigenvalue weighted by Gasteiger charge is 2.44. The van der Waals surface area contributed by atoms with Gasteiger partial charge in [0.1, 0.15) is 11.9 Å². The van der Waals surface area contributed by atoms with Crippen molar-refractivity contribution in [1.82, 2.24) is 4.90 Å². The molecule has 2 atom stereocenters. The van der Waals surface area contributed by atoms with E-state index in [4.69, 9.17) is 4.74 Å². The summed E-state index contributed by atoms with van der Waals surface area (Å²) >= 11 is 1.83. The fourth-order valence-corrected chi connectivity index (χ4v) is 6.35. The molecule has 3 aromatic carbocycles. The van der Waals surface area contributed by atoms with Crippen LogP contribution in [0.3, 0.4) is 0 Å². The standard InChI is InChI=1S/C31H35NO2S/c1-21(2)29-6-4-5-7-30(29)34-27-18-25-14-15-26(19-27)32(25)31(33)24-12-10-23(11-13-24)20-35-28-16-8-22(3)9-17-28/h4-13,16-17,21,25-27H,14-15,18-20H2,1-3H3/t25-,26-/m0/s1. The van der Waals surface area contributed by atoms with Crippen molar-refractivity contribution in [3.8, 4) is 5.75 Å². The Morgan fingerprint density at radius 2 is 1.60 bits per heavy atom. The van der Waals surface area contributed by atoms with Gasteiger partial charge in [-0.2, -0.15) is 0 Å². The highest BCUT2D eigenvalue weighted by molar-refractivity contribution is 7.98. The number of ether oxygens (including phenoxy) is 1. The van der Waals surface area contributed by atoms with Crippen LogP contribution in [0.2, 0.25) is 0 Å². The lowest BCUT2D eigenvalue weighted by atomic mass is 9.97. The zero-order valence-corrected chi connectivity index (χ0v) is 21.8. The summed E-state index contributed by atoms with van der Waals surface area (Å²) < 4.78 is 6.51. The van der Waals surface area contributed by atoms with Gasteiger partial charge in [-0.1, -0.05) is 61.9 Å². The minimum absolute atomic E-state index is 0.177. The number of aryl methyl sites for hydroxylation is 1. The number of para-hydroxylation sites is 1. The molecule has 2 saturated heterocycles. The molecule has 0 unspecified atom stereocenters. The van der Waals surface area contributed by atoms with E-state index in [1.165, 1.54) is 21.6 Å².